The Bertz CT molecular complexity index is 922. The third-order valence-corrected chi connectivity index (χ3v) is 4.83. The predicted octanol–water partition coefficient (Wildman–Crippen LogP) is 3.06. The van der Waals surface area contributed by atoms with Gasteiger partial charge in [-0.3, -0.25) is 9.36 Å². The Balaban J connectivity index is 1.86. The molecule has 0 atom stereocenters. The van der Waals surface area contributed by atoms with E-state index in [1.807, 2.05) is 24.3 Å². The number of ether oxygens (including phenoxy) is 1. The first-order chi connectivity index (χ1) is 12.7. The van der Waals surface area contributed by atoms with Crippen molar-refractivity contribution in [2.24, 2.45) is 0 Å². The zero-order chi connectivity index (χ0) is 18.4. The molecule has 0 fully saturated rings. The van der Waals surface area contributed by atoms with E-state index >= 15 is 0 Å². The molecule has 26 heavy (non-hydrogen) atoms. The molecule has 138 valence electrons. The van der Waals surface area contributed by atoms with Gasteiger partial charge in [-0.25, -0.2) is 4.98 Å². The van der Waals surface area contributed by atoms with Crippen molar-refractivity contribution in [2.75, 3.05) is 13.7 Å². The van der Waals surface area contributed by atoms with Gasteiger partial charge in [0, 0.05) is 26.7 Å². The molecule has 0 aliphatic rings. The molecular formula is C18H22N4O3S. The van der Waals surface area contributed by atoms with Crippen molar-refractivity contribution in [3.63, 3.8) is 0 Å². The third kappa shape index (κ3) is 4.31. The molecule has 2 aromatic heterocycles. The summed E-state index contributed by atoms with van der Waals surface area (Å²) in [6, 6.07) is 7.40. The number of nitrogens with zero attached hydrogens (tertiary/aromatic N) is 4. The summed E-state index contributed by atoms with van der Waals surface area (Å²) in [6.45, 7) is 3.21. The number of methoxy groups -OCH3 is 1. The van der Waals surface area contributed by atoms with Crippen molar-refractivity contribution in [3.8, 4) is 0 Å². The molecule has 0 bridgehead atoms. The molecule has 0 radical (unpaired) electrons. The molecule has 0 N–H and O–H groups in total. The minimum absolute atomic E-state index is 0.0333. The SMILES string of the molecule is CCCc1nc(CSc2nc3ccccc3c(=O)n2CCCOC)no1. The van der Waals surface area contributed by atoms with Crippen LogP contribution >= 0.6 is 11.8 Å². The van der Waals surface area contributed by atoms with Crippen LogP contribution in [0, 0.1) is 0 Å². The smallest absolute Gasteiger partial charge is 0.262 e. The topological polar surface area (TPSA) is 83.0 Å². The molecule has 0 spiro atoms. The van der Waals surface area contributed by atoms with E-state index in [1.165, 1.54) is 11.8 Å². The Morgan fingerprint density at radius 3 is 2.92 bits per heavy atom. The van der Waals surface area contributed by atoms with Gasteiger partial charge >= 0.3 is 0 Å². The summed E-state index contributed by atoms with van der Waals surface area (Å²) in [5, 5.41) is 5.28. The molecular weight excluding hydrogens is 352 g/mol. The molecule has 0 aliphatic heterocycles. The predicted molar refractivity (Wildman–Crippen MR) is 100 cm³/mol. The van der Waals surface area contributed by atoms with E-state index in [2.05, 4.69) is 22.0 Å². The van der Waals surface area contributed by atoms with Gasteiger partial charge in [-0.05, 0) is 25.0 Å². The van der Waals surface area contributed by atoms with Gasteiger partial charge in [0.05, 0.1) is 16.7 Å². The molecule has 7 nitrogen and oxygen atoms in total. The van der Waals surface area contributed by atoms with Gasteiger partial charge in [-0.2, -0.15) is 4.98 Å². The summed E-state index contributed by atoms with van der Waals surface area (Å²) in [5.74, 6) is 1.76. The normalized spacial score (nSPS) is 11.3. The second kappa shape index (κ2) is 8.95. The van der Waals surface area contributed by atoms with Crippen LogP contribution in [0.4, 0.5) is 0 Å². The average molecular weight is 374 g/mol. The number of fused-ring (bicyclic) bond motifs is 1. The molecule has 0 amide bonds. The zero-order valence-corrected chi connectivity index (χ0v) is 15.8. The van der Waals surface area contributed by atoms with Crippen molar-refractivity contribution in [1.82, 2.24) is 19.7 Å². The number of hydrogen-bond acceptors (Lipinski definition) is 7. The van der Waals surface area contributed by atoms with Crippen LogP contribution in [-0.2, 0) is 23.5 Å². The average Bonchev–Trinajstić information content (AvgIpc) is 3.10. The summed E-state index contributed by atoms with van der Waals surface area (Å²) >= 11 is 1.44. The van der Waals surface area contributed by atoms with Crippen molar-refractivity contribution >= 4 is 22.7 Å². The second-order valence-corrected chi connectivity index (χ2v) is 6.80. The first kappa shape index (κ1) is 18.6. The summed E-state index contributed by atoms with van der Waals surface area (Å²) in [4.78, 5) is 21.9. The van der Waals surface area contributed by atoms with Crippen LogP contribution in [0.5, 0.6) is 0 Å². The van der Waals surface area contributed by atoms with Gasteiger partial charge in [0.2, 0.25) is 5.89 Å². The lowest BCUT2D eigenvalue weighted by Gasteiger charge is -2.12. The summed E-state index contributed by atoms with van der Waals surface area (Å²) in [7, 11) is 1.65. The highest BCUT2D eigenvalue weighted by molar-refractivity contribution is 7.98. The minimum Gasteiger partial charge on any atom is -0.385 e. The van der Waals surface area contributed by atoms with Gasteiger partial charge in [0.1, 0.15) is 0 Å². The number of aryl methyl sites for hydroxylation is 1. The van der Waals surface area contributed by atoms with Crippen LogP contribution in [0.3, 0.4) is 0 Å². The zero-order valence-electron chi connectivity index (χ0n) is 15.0. The summed E-state index contributed by atoms with van der Waals surface area (Å²) < 4.78 is 12.0. The lowest BCUT2D eigenvalue weighted by molar-refractivity contribution is 0.189. The van der Waals surface area contributed by atoms with E-state index in [9.17, 15) is 4.79 Å². The van der Waals surface area contributed by atoms with Crippen LogP contribution in [0.15, 0.2) is 38.7 Å². The number of para-hydroxylation sites is 1. The second-order valence-electron chi connectivity index (χ2n) is 5.86. The Labute approximate surface area is 155 Å². The Morgan fingerprint density at radius 2 is 2.12 bits per heavy atom. The van der Waals surface area contributed by atoms with Crippen molar-refractivity contribution < 1.29 is 9.26 Å². The van der Waals surface area contributed by atoms with Gasteiger partial charge in [-0.15, -0.1) is 0 Å². The van der Waals surface area contributed by atoms with Crippen LogP contribution in [0.25, 0.3) is 10.9 Å². The fourth-order valence-corrected chi connectivity index (χ4v) is 3.48. The molecule has 8 heteroatoms. The van der Waals surface area contributed by atoms with Gasteiger partial charge < -0.3 is 9.26 Å². The maximum Gasteiger partial charge on any atom is 0.262 e. The van der Waals surface area contributed by atoms with Crippen molar-refractivity contribution in [1.29, 1.82) is 0 Å². The summed E-state index contributed by atoms with van der Waals surface area (Å²) in [6.07, 6.45) is 2.47. The molecule has 0 aliphatic carbocycles. The van der Waals surface area contributed by atoms with Crippen molar-refractivity contribution in [3.05, 3.63) is 46.3 Å². The van der Waals surface area contributed by atoms with Crippen LogP contribution in [0.1, 0.15) is 31.5 Å². The first-order valence-corrected chi connectivity index (χ1v) is 9.64. The van der Waals surface area contributed by atoms with Crippen LogP contribution < -0.4 is 5.56 Å². The lowest BCUT2D eigenvalue weighted by Crippen LogP contribution is -2.24. The number of thioether (sulfide) groups is 1. The maximum atomic E-state index is 12.9. The fraction of sp³-hybridized carbons (Fsp3) is 0.444. The van der Waals surface area contributed by atoms with Crippen LogP contribution in [-0.4, -0.2) is 33.4 Å². The molecule has 1 aromatic carbocycles. The monoisotopic (exact) mass is 374 g/mol. The molecule has 2 heterocycles. The molecule has 0 saturated carbocycles. The minimum atomic E-state index is -0.0333. The van der Waals surface area contributed by atoms with Gasteiger partial charge in [0.25, 0.3) is 5.56 Å². The lowest BCUT2D eigenvalue weighted by atomic mass is 10.2. The maximum absolute atomic E-state index is 12.9. The van der Waals surface area contributed by atoms with Crippen LogP contribution in [0.2, 0.25) is 0 Å². The molecule has 3 aromatic rings. The summed E-state index contributed by atoms with van der Waals surface area (Å²) in [5.41, 5.74) is 0.664. The highest BCUT2D eigenvalue weighted by Crippen LogP contribution is 2.21. The number of benzene rings is 1. The van der Waals surface area contributed by atoms with E-state index in [4.69, 9.17) is 9.26 Å². The van der Waals surface area contributed by atoms with Gasteiger partial charge in [0.15, 0.2) is 11.0 Å². The number of rotatable bonds is 9. The van der Waals surface area contributed by atoms with E-state index in [-0.39, 0.29) is 5.56 Å². The Morgan fingerprint density at radius 1 is 1.27 bits per heavy atom. The quantitative estimate of drug-likeness (QED) is 0.323. The van der Waals surface area contributed by atoms with E-state index in [0.29, 0.717) is 46.7 Å². The molecule has 0 saturated heterocycles. The standard InChI is InChI=1S/C18H22N4O3S/c1-3-7-16-20-15(21-25-16)12-26-18-19-14-9-5-4-8-13(14)17(23)22(18)10-6-11-24-2/h4-5,8-9H,3,6-7,10-12H2,1-2H3. The van der Waals surface area contributed by atoms with E-state index in [1.54, 1.807) is 11.7 Å². The largest absolute Gasteiger partial charge is 0.385 e. The molecule has 0 unspecified atom stereocenters. The van der Waals surface area contributed by atoms with E-state index < -0.39 is 0 Å². The van der Waals surface area contributed by atoms with Gasteiger partial charge in [-0.1, -0.05) is 36.0 Å². The third-order valence-electron chi connectivity index (χ3n) is 3.86. The highest BCUT2D eigenvalue weighted by atomic mass is 32.2. The first-order valence-electron chi connectivity index (χ1n) is 8.65. The number of hydrogen-bond donors (Lipinski definition) is 0. The fourth-order valence-electron chi connectivity index (χ4n) is 2.62. The molecule has 3 rings (SSSR count). The Hall–Kier alpha value is -2.19. The Kier molecular flexibility index (Phi) is 6.40. The highest BCUT2D eigenvalue weighted by Gasteiger charge is 2.13. The van der Waals surface area contributed by atoms with E-state index in [0.717, 1.165) is 19.3 Å². The number of aromatic nitrogens is 4. The van der Waals surface area contributed by atoms with Crippen molar-refractivity contribution in [2.45, 2.75) is 43.6 Å².